The van der Waals surface area contributed by atoms with Crippen molar-refractivity contribution in [3.63, 3.8) is 0 Å². The zero-order valence-electron chi connectivity index (χ0n) is 18.1. The van der Waals surface area contributed by atoms with E-state index in [1.54, 1.807) is 0 Å². The molecule has 1 atom stereocenters. The Morgan fingerprint density at radius 3 is 2.50 bits per heavy atom. The number of nitro groups is 1. The van der Waals surface area contributed by atoms with Crippen molar-refractivity contribution in [3.05, 3.63) is 63.8 Å². The minimum absolute atomic E-state index is 0.0177. The zero-order chi connectivity index (χ0) is 22.8. The average Bonchev–Trinajstić information content (AvgIpc) is 3.29. The lowest BCUT2D eigenvalue weighted by atomic mass is 10.1. The van der Waals surface area contributed by atoms with E-state index in [0.29, 0.717) is 43.6 Å². The summed E-state index contributed by atoms with van der Waals surface area (Å²) in [6.07, 6.45) is 0. The lowest BCUT2D eigenvalue weighted by molar-refractivity contribution is -0.384. The Hall–Kier alpha value is -3.53. The maximum atomic E-state index is 14.0. The third-order valence-electron chi connectivity index (χ3n) is 5.76. The van der Waals surface area contributed by atoms with E-state index in [-0.39, 0.29) is 17.5 Å². The van der Waals surface area contributed by atoms with E-state index in [4.69, 9.17) is 9.26 Å². The number of nitro benzene ring substituents is 1. The first-order valence-electron chi connectivity index (χ1n) is 10.3. The van der Waals surface area contributed by atoms with E-state index in [1.807, 2.05) is 43.0 Å². The molecule has 1 fully saturated rings. The second kappa shape index (κ2) is 8.91. The van der Waals surface area contributed by atoms with Crippen LogP contribution in [0.2, 0.25) is 0 Å². The molecule has 0 saturated carbocycles. The molecule has 2 heterocycles. The quantitative estimate of drug-likeness (QED) is 0.418. The zero-order valence-corrected chi connectivity index (χ0v) is 18.1. The minimum Gasteiger partial charge on any atom is -0.494 e. The number of hydrogen-bond donors (Lipinski definition) is 0. The molecule has 0 radical (unpaired) electrons. The van der Waals surface area contributed by atoms with Crippen LogP contribution in [0, 0.1) is 22.9 Å². The molecule has 1 aliphatic rings. The van der Waals surface area contributed by atoms with Gasteiger partial charge in [-0.05, 0) is 13.8 Å². The number of anilines is 1. The third kappa shape index (κ3) is 4.26. The van der Waals surface area contributed by atoms with Crippen LogP contribution in [-0.2, 0) is 0 Å². The highest BCUT2D eigenvalue weighted by molar-refractivity contribution is 5.66. The number of ether oxygens (including phenoxy) is 1. The fraction of sp³-hybridized carbons (Fsp3) is 0.364. The molecule has 10 heteroatoms. The van der Waals surface area contributed by atoms with E-state index in [1.165, 1.54) is 13.2 Å². The summed E-state index contributed by atoms with van der Waals surface area (Å²) in [4.78, 5) is 19.5. The Balaban J connectivity index is 1.46. The predicted octanol–water partition coefficient (Wildman–Crippen LogP) is 3.98. The topological polar surface area (TPSA) is 97.8 Å². The van der Waals surface area contributed by atoms with Gasteiger partial charge in [0.15, 0.2) is 11.6 Å². The Labute approximate surface area is 184 Å². The van der Waals surface area contributed by atoms with Crippen LogP contribution < -0.4 is 9.64 Å². The van der Waals surface area contributed by atoms with Crippen LogP contribution in [-0.4, -0.2) is 53.3 Å². The molecule has 4 rings (SSSR count). The van der Waals surface area contributed by atoms with Crippen molar-refractivity contribution in [1.29, 1.82) is 0 Å². The first-order chi connectivity index (χ1) is 15.4. The van der Waals surface area contributed by atoms with Crippen LogP contribution in [0.15, 0.2) is 40.9 Å². The van der Waals surface area contributed by atoms with Gasteiger partial charge in [0.25, 0.3) is 5.69 Å². The fourth-order valence-corrected chi connectivity index (χ4v) is 3.82. The molecule has 0 spiro atoms. The van der Waals surface area contributed by atoms with E-state index < -0.39 is 10.7 Å². The summed E-state index contributed by atoms with van der Waals surface area (Å²) in [5.74, 6) is 0.287. The third-order valence-corrected chi connectivity index (χ3v) is 5.76. The molecule has 0 aliphatic carbocycles. The summed E-state index contributed by atoms with van der Waals surface area (Å²) >= 11 is 0. The largest absolute Gasteiger partial charge is 0.494 e. The van der Waals surface area contributed by atoms with Gasteiger partial charge in [-0.2, -0.15) is 4.98 Å². The molecule has 1 saturated heterocycles. The molecular formula is C22H24FN5O4. The standard InChI is InChI=1S/C22H24FN5O4/c1-14-4-6-16(7-5-14)21-24-22(32-25-21)15(2)26-8-10-27(11-9-26)18-13-20(31-3)17(23)12-19(18)28(29)30/h4-7,12-13,15H,8-11H2,1-3H3. The van der Waals surface area contributed by atoms with Crippen molar-refractivity contribution in [2.45, 2.75) is 19.9 Å². The van der Waals surface area contributed by atoms with Gasteiger partial charge in [0.2, 0.25) is 11.7 Å². The van der Waals surface area contributed by atoms with E-state index in [2.05, 4.69) is 15.0 Å². The van der Waals surface area contributed by atoms with Crippen molar-refractivity contribution >= 4 is 11.4 Å². The summed E-state index contributed by atoms with van der Waals surface area (Å²) in [5.41, 5.74) is 2.12. The number of nitrogens with zero attached hydrogens (tertiary/aromatic N) is 5. The summed E-state index contributed by atoms with van der Waals surface area (Å²) in [6, 6.07) is 10.1. The number of methoxy groups -OCH3 is 1. The summed E-state index contributed by atoms with van der Waals surface area (Å²) in [7, 11) is 1.34. The van der Waals surface area contributed by atoms with Gasteiger partial charge < -0.3 is 14.2 Å². The normalized spacial score (nSPS) is 15.6. The van der Waals surface area contributed by atoms with Gasteiger partial charge >= 0.3 is 0 Å². The molecule has 0 amide bonds. The molecule has 9 nitrogen and oxygen atoms in total. The van der Waals surface area contributed by atoms with Crippen LogP contribution in [0.4, 0.5) is 15.8 Å². The number of piperazine rings is 1. The smallest absolute Gasteiger partial charge is 0.295 e. The molecule has 32 heavy (non-hydrogen) atoms. The number of rotatable bonds is 6. The van der Waals surface area contributed by atoms with Crippen LogP contribution in [0.5, 0.6) is 5.75 Å². The molecule has 2 aromatic carbocycles. The monoisotopic (exact) mass is 441 g/mol. The average molecular weight is 441 g/mol. The van der Waals surface area contributed by atoms with Crippen LogP contribution >= 0.6 is 0 Å². The van der Waals surface area contributed by atoms with Gasteiger partial charge in [0.05, 0.1) is 24.1 Å². The molecule has 1 aliphatic heterocycles. The number of halogens is 1. The van der Waals surface area contributed by atoms with Crippen molar-refractivity contribution in [2.75, 3.05) is 38.2 Å². The molecule has 1 aromatic heterocycles. The van der Waals surface area contributed by atoms with Crippen LogP contribution in [0.25, 0.3) is 11.4 Å². The predicted molar refractivity (Wildman–Crippen MR) is 116 cm³/mol. The maximum absolute atomic E-state index is 14.0. The minimum atomic E-state index is -0.754. The first-order valence-corrected chi connectivity index (χ1v) is 10.3. The SMILES string of the molecule is COc1cc(N2CCN(C(C)c3nc(-c4ccc(C)cc4)no3)CC2)c([N+](=O)[O-])cc1F. The van der Waals surface area contributed by atoms with E-state index in [0.717, 1.165) is 17.2 Å². The van der Waals surface area contributed by atoms with Crippen LogP contribution in [0.3, 0.4) is 0 Å². The molecule has 3 aromatic rings. The molecule has 1 unspecified atom stereocenters. The van der Waals surface area contributed by atoms with Crippen molar-refractivity contribution in [2.24, 2.45) is 0 Å². The molecule has 168 valence electrons. The highest BCUT2D eigenvalue weighted by Gasteiger charge is 2.30. The van der Waals surface area contributed by atoms with E-state index in [9.17, 15) is 14.5 Å². The molecule has 0 N–H and O–H groups in total. The van der Waals surface area contributed by atoms with Gasteiger partial charge in [-0.15, -0.1) is 0 Å². The number of benzene rings is 2. The molecule has 0 bridgehead atoms. The highest BCUT2D eigenvalue weighted by Crippen LogP contribution is 2.35. The van der Waals surface area contributed by atoms with Gasteiger partial charge in [0.1, 0.15) is 5.69 Å². The highest BCUT2D eigenvalue weighted by atomic mass is 19.1. The Morgan fingerprint density at radius 2 is 1.88 bits per heavy atom. The number of hydrogen-bond acceptors (Lipinski definition) is 8. The lowest BCUT2D eigenvalue weighted by Gasteiger charge is -2.37. The fourth-order valence-electron chi connectivity index (χ4n) is 3.82. The summed E-state index contributed by atoms with van der Waals surface area (Å²) in [6.45, 7) is 6.31. The second-order valence-electron chi connectivity index (χ2n) is 7.75. The van der Waals surface area contributed by atoms with Gasteiger partial charge in [-0.1, -0.05) is 35.0 Å². The lowest BCUT2D eigenvalue weighted by Crippen LogP contribution is -2.47. The van der Waals surface area contributed by atoms with Gasteiger partial charge in [-0.3, -0.25) is 15.0 Å². The van der Waals surface area contributed by atoms with Gasteiger partial charge in [0, 0.05) is 37.8 Å². The van der Waals surface area contributed by atoms with Crippen molar-refractivity contribution in [1.82, 2.24) is 15.0 Å². The Bertz CT molecular complexity index is 1110. The number of aromatic nitrogens is 2. The van der Waals surface area contributed by atoms with Gasteiger partial charge in [-0.25, -0.2) is 4.39 Å². The first kappa shape index (κ1) is 21.7. The number of aryl methyl sites for hydroxylation is 1. The van der Waals surface area contributed by atoms with Crippen LogP contribution in [0.1, 0.15) is 24.4 Å². The Kier molecular flexibility index (Phi) is 6.04. The summed E-state index contributed by atoms with van der Waals surface area (Å²) < 4.78 is 24.5. The molecular weight excluding hydrogens is 417 g/mol. The summed E-state index contributed by atoms with van der Waals surface area (Å²) in [5, 5.41) is 15.6. The maximum Gasteiger partial charge on any atom is 0.295 e. The van der Waals surface area contributed by atoms with Crippen molar-refractivity contribution < 1.29 is 18.6 Å². The second-order valence-corrected chi connectivity index (χ2v) is 7.75. The van der Waals surface area contributed by atoms with E-state index >= 15 is 0 Å². The Morgan fingerprint density at radius 1 is 1.19 bits per heavy atom. The van der Waals surface area contributed by atoms with Crippen molar-refractivity contribution in [3.8, 4) is 17.1 Å².